The van der Waals surface area contributed by atoms with Gasteiger partial charge in [0.1, 0.15) is 6.04 Å². The van der Waals surface area contributed by atoms with Crippen molar-refractivity contribution in [2.45, 2.75) is 25.9 Å². The molecule has 0 saturated carbocycles. The largest absolute Gasteiger partial charge is 0.345 e. The highest BCUT2D eigenvalue weighted by Crippen LogP contribution is 2.23. The Hall–Kier alpha value is -3.65. The predicted octanol–water partition coefficient (Wildman–Crippen LogP) is 3.97. The number of nitrogens with zero attached hydrogens (tertiary/aromatic N) is 1. The van der Waals surface area contributed by atoms with Gasteiger partial charge in [0.15, 0.2) is 0 Å². The van der Waals surface area contributed by atoms with Crippen LogP contribution < -0.4 is 14.9 Å². The van der Waals surface area contributed by atoms with Gasteiger partial charge in [0.2, 0.25) is 15.9 Å². The third-order valence-corrected chi connectivity index (χ3v) is 6.42. The van der Waals surface area contributed by atoms with Crippen LogP contribution in [0.25, 0.3) is 0 Å². The summed E-state index contributed by atoms with van der Waals surface area (Å²) in [5.41, 5.74) is 1.91. The van der Waals surface area contributed by atoms with Crippen molar-refractivity contribution in [3.05, 3.63) is 96.1 Å². The van der Waals surface area contributed by atoms with Gasteiger partial charge in [-0.1, -0.05) is 60.7 Å². The Bertz CT molecular complexity index is 1210. The molecule has 0 aliphatic heterocycles. The SMILES string of the molecule is C[C@H](NC(=O)c1ccccc1NC(=O)[C@@H](C)N(c1ccccc1)S(C)(=O)=O)c1ccccc1. The van der Waals surface area contributed by atoms with Gasteiger partial charge in [0, 0.05) is 0 Å². The standard InChI is InChI=1S/C25H27N3O4S/c1-18(20-12-6-4-7-13-20)26-25(30)22-16-10-11-17-23(22)27-24(29)19(2)28(33(3,31)32)21-14-8-5-9-15-21/h4-19H,1-3H3,(H,26,30)(H,27,29)/t18-,19+/m0/s1. The molecule has 0 bridgehead atoms. The van der Waals surface area contributed by atoms with E-state index in [1.807, 2.05) is 37.3 Å². The van der Waals surface area contributed by atoms with Crippen molar-refractivity contribution in [1.29, 1.82) is 0 Å². The second kappa shape index (κ2) is 10.3. The lowest BCUT2D eigenvalue weighted by molar-refractivity contribution is -0.116. The van der Waals surface area contributed by atoms with Crippen molar-refractivity contribution in [3.63, 3.8) is 0 Å². The van der Waals surface area contributed by atoms with Gasteiger partial charge in [-0.15, -0.1) is 0 Å². The predicted molar refractivity (Wildman–Crippen MR) is 131 cm³/mol. The molecule has 0 aliphatic carbocycles. The molecule has 0 saturated heterocycles. The molecule has 2 amide bonds. The van der Waals surface area contributed by atoms with Gasteiger partial charge in [-0.05, 0) is 43.7 Å². The van der Waals surface area contributed by atoms with Crippen LogP contribution in [0.1, 0.15) is 35.8 Å². The van der Waals surface area contributed by atoms with E-state index in [4.69, 9.17) is 0 Å². The third-order valence-electron chi connectivity index (χ3n) is 5.18. The second-order valence-corrected chi connectivity index (χ2v) is 9.57. The van der Waals surface area contributed by atoms with E-state index in [9.17, 15) is 18.0 Å². The zero-order valence-corrected chi connectivity index (χ0v) is 19.5. The van der Waals surface area contributed by atoms with Crippen molar-refractivity contribution < 1.29 is 18.0 Å². The van der Waals surface area contributed by atoms with Crippen molar-refractivity contribution >= 4 is 33.2 Å². The molecule has 8 heteroatoms. The number of nitrogens with one attached hydrogen (secondary N) is 2. The van der Waals surface area contributed by atoms with Crippen LogP contribution in [0.2, 0.25) is 0 Å². The summed E-state index contributed by atoms with van der Waals surface area (Å²) in [6.45, 7) is 3.38. The number of benzene rings is 3. The highest BCUT2D eigenvalue weighted by Gasteiger charge is 2.29. The van der Waals surface area contributed by atoms with Gasteiger partial charge in [-0.3, -0.25) is 13.9 Å². The molecule has 3 aromatic carbocycles. The lowest BCUT2D eigenvalue weighted by Gasteiger charge is -2.28. The zero-order valence-electron chi connectivity index (χ0n) is 18.7. The summed E-state index contributed by atoms with van der Waals surface area (Å²) in [6.07, 6.45) is 1.05. The van der Waals surface area contributed by atoms with Gasteiger partial charge in [0.25, 0.3) is 5.91 Å². The molecule has 172 valence electrons. The van der Waals surface area contributed by atoms with E-state index in [1.54, 1.807) is 54.6 Å². The first-order valence-corrected chi connectivity index (χ1v) is 12.3. The topological polar surface area (TPSA) is 95.6 Å². The molecule has 33 heavy (non-hydrogen) atoms. The van der Waals surface area contributed by atoms with E-state index in [2.05, 4.69) is 10.6 Å². The zero-order chi connectivity index (χ0) is 24.0. The average molecular weight is 466 g/mol. The van der Waals surface area contributed by atoms with E-state index >= 15 is 0 Å². The summed E-state index contributed by atoms with van der Waals surface area (Å²) in [6, 6.07) is 23.3. The Kier molecular flexibility index (Phi) is 7.50. The highest BCUT2D eigenvalue weighted by molar-refractivity contribution is 7.92. The third kappa shape index (κ3) is 5.98. The number of para-hydroxylation sites is 2. The van der Waals surface area contributed by atoms with Gasteiger partial charge in [-0.25, -0.2) is 8.42 Å². The second-order valence-electron chi connectivity index (χ2n) is 7.71. The van der Waals surface area contributed by atoms with E-state index < -0.39 is 22.0 Å². The Morgan fingerprint density at radius 1 is 0.818 bits per heavy atom. The number of carbonyl (C=O) groups excluding carboxylic acids is 2. The monoisotopic (exact) mass is 465 g/mol. The fraction of sp³-hybridized carbons (Fsp3) is 0.200. The Labute approximate surface area is 194 Å². The van der Waals surface area contributed by atoms with Gasteiger partial charge in [0.05, 0.1) is 29.2 Å². The molecule has 0 heterocycles. The van der Waals surface area contributed by atoms with Crippen LogP contribution in [-0.4, -0.2) is 32.5 Å². The first kappa shape index (κ1) is 24.0. The lowest BCUT2D eigenvalue weighted by atomic mass is 10.1. The maximum absolute atomic E-state index is 13.0. The van der Waals surface area contributed by atoms with Crippen molar-refractivity contribution in [2.24, 2.45) is 0 Å². The van der Waals surface area contributed by atoms with Crippen LogP contribution in [0, 0.1) is 0 Å². The average Bonchev–Trinajstić information content (AvgIpc) is 2.79. The number of hydrogen-bond donors (Lipinski definition) is 2. The van der Waals surface area contributed by atoms with Crippen molar-refractivity contribution in [3.8, 4) is 0 Å². The molecule has 0 unspecified atom stereocenters. The summed E-state index contributed by atoms with van der Waals surface area (Å²) in [4.78, 5) is 26.0. The van der Waals surface area contributed by atoms with Gasteiger partial charge in [-0.2, -0.15) is 0 Å². The van der Waals surface area contributed by atoms with Crippen molar-refractivity contribution in [1.82, 2.24) is 5.32 Å². The summed E-state index contributed by atoms with van der Waals surface area (Å²) in [5.74, 6) is -0.904. The molecule has 2 N–H and O–H groups in total. The number of rotatable bonds is 8. The lowest BCUT2D eigenvalue weighted by Crippen LogP contribution is -2.45. The van der Waals surface area contributed by atoms with E-state index in [0.29, 0.717) is 11.4 Å². The fourth-order valence-corrected chi connectivity index (χ4v) is 4.69. The molecule has 0 radical (unpaired) electrons. The molecule has 0 aliphatic rings. The molecule has 7 nitrogen and oxygen atoms in total. The van der Waals surface area contributed by atoms with Crippen LogP contribution in [0.3, 0.4) is 0 Å². The maximum atomic E-state index is 13.0. The minimum absolute atomic E-state index is 0.236. The fourth-order valence-electron chi connectivity index (χ4n) is 3.51. The molecule has 2 atom stereocenters. The van der Waals surface area contributed by atoms with Crippen LogP contribution >= 0.6 is 0 Å². The molecule has 0 spiro atoms. The molecular weight excluding hydrogens is 438 g/mol. The Morgan fingerprint density at radius 3 is 1.97 bits per heavy atom. The summed E-state index contributed by atoms with van der Waals surface area (Å²) < 4.78 is 25.9. The summed E-state index contributed by atoms with van der Waals surface area (Å²) in [7, 11) is -3.73. The number of sulfonamides is 1. The van der Waals surface area contributed by atoms with Gasteiger partial charge >= 0.3 is 0 Å². The summed E-state index contributed by atoms with van der Waals surface area (Å²) in [5, 5.41) is 5.65. The number of amides is 2. The maximum Gasteiger partial charge on any atom is 0.253 e. The highest BCUT2D eigenvalue weighted by atomic mass is 32.2. The van der Waals surface area contributed by atoms with Crippen LogP contribution in [0.5, 0.6) is 0 Å². The first-order valence-electron chi connectivity index (χ1n) is 10.5. The van der Waals surface area contributed by atoms with Crippen LogP contribution in [0.15, 0.2) is 84.9 Å². The quantitative estimate of drug-likeness (QED) is 0.526. The molecule has 0 aromatic heterocycles. The molecule has 3 rings (SSSR count). The number of anilines is 2. The molecule has 3 aromatic rings. The minimum Gasteiger partial charge on any atom is -0.345 e. The minimum atomic E-state index is -3.73. The van der Waals surface area contributed by atoms with Gasteiger partial charge < -0.3 is 10.6 Å². The number of carbonyl (C=O) groups is 2. The van der Waals surface area contributed by atoms with Crippen molar-refractivity contribution in [2.75, 3.05) is 15.9 Å². The van der Waals surface area contributed by atoms with E-state index in [1.165, 1.54) is 6.92 Å². The Balaban J connectivity index is 1.81. The smallest absolute Gasteiger partial charge is 0.253 e. The molecular formula is C25H27N3O4S. The first-order chi connectivity index (χ1) is 15.7. The van der Waals surface area contributed by atoms with Crippen LogP contribution in [-0.2, 0) is 14.8 Å². The number of hydrogen-bond acceptors (Lipinski definition) is 4. The van der Waals surface area contributed by atoms with Crippen LogP contribution in [0.4, 0.5) is 11.4 Å². The normalized spacial score (nSPS) is 12.9. The molecule has 0 fully saturated rings. The van der Waals surface area contributed by atoms with E-state index in [0.717, 1.165) is 16.1 Å². The Morgan fingerprint density at radius 2 is 1.36 bits per heavy atom. The summed E-state index contributed by atoms with van der Waals surface area (Å²) >= 11 is 0. The van der Waals surface area contributed by atoms with E-state index in [-0.39, 0.29) is 17.5 Å².